The summed E-state index contributed by atoms with van der Waals surface area (Å²) >= 11 is 0. The molecule has 3 heterocycles. The Morgan fingerprint density at radius 3 is 2.58 bits per heavy atom. The number of rotatable bonds is 4. The number of imidazole rings is 1. The van der Waals surface area contributed by atoms with Gasteiger partial charge in [-0.3, -0.25) is 9.78 Å². The Hall–Kier alpha value is -3.67. The first kappa shape index (κ1) is 15.8. The molecule has 0 saturated carbocycles. The van der Waals surface area contributed by atoms with E-state index in [9.17, 15) is 9.18 Å². The summed E-state index contributed by atoms with van der Waals surface area (Å²) in [6.07, 6.45) is 6.16. The number of ketones is 1. The second-order valence-electron chi connectivity index (χ2n) is 5.60. The van der Waals surface area contributed by atoms with Crippen molar-refractivity contribution in [3.05, 3.63) is 96.9 Å². The maximum atomic E-state index is 13.9. The molecule has 0 unspecified atom stereocenters. The fourth-order valence-corrected chi connectivity index (χ4v) is 2.64. The summed E-state index contributed by atoms with van der Waals surface area (Å²) in [5, 5.41) is 0. The molecule has 0 aliphatic heterocycles. The third-order valence-electron chi connectivity index (χ3n) is 3.93. The Morgan fingerprint density at radius 1 is 0.885 bits per heavy atom. The Labute approximate surface area is 148 Å². The Kier molecular flexibility index (Phi) is 4.07. The number of carbonyl (C=O) groups is 1. The summed E-state index contributed by atoms with van der Waals surface area (Å²) < 4.78 is 15.6. The third kappa shape index (κ3) is 3.00. The van der Waals surface area contributed by atoms with Gasteiger partial charge in [-0.25, -0.2) is 9.97 Å². The molecule has 0 atom stereocenters. The van der Waals surface area contributed by atoms with E-state index in [1.807, 2.05) is 18.2 Å². The van der Waals surface area contributed by atoms with Gasteiger partial charge in [-0.15, -0.1) is 0 Å². The quantitative estimate of drug-likeness (QED) is 0.418. The van der Waals surface area contributed by atoms with Crippen molar-refractivity contribution in [3.63, 3.8) is 0 Å². The van der Waals surface area contributed by atoms with E-state index in [0.717, 1.165) is 5.69 Å². The Morgan fingerprint density at radius 2 is 1.77 bits per heavy atom. The Bertz CT molecular complexity index is 1080. The van der Waals surface area contributed by atoms with Crippen LogP contribution in [0.4, 0.5) is 4.39 Å². The highest BCUT2D eigenvalue weighted by atomic mass is 19.1. The van der Waals surface area contributed by atoms with Gasteiger partial charge in [-0.05, 0) is 42.0 Å². The minimum absolute atomic E-state index is 0.251. The molecule has 0 saturated heterocycles. The smallest absolute Gasteiger partial charge is 0.231 e. The predicted octanol–water partition coefficient (Wildman–Crippen LogP) is 3.70. The van der Waals surface area contributed by atoms with Crippen LogP contribution < -0.4 is 0 Å². The molecule has 0 bridgehead atoms. The van der Waals surface area contributed by atoms with Crippen molar-refractivity contribution in [2.75, 3.05) is 0 Å². The van der Waals surface area contributed by atoms with E-state index in [2.05, 4.69) is 15.0 Å². The molecule has 4 aromatic rings. The van der Waals surface area contributed by atoms with E-state index < -0.39 is 5.95 Å². The molecule has 4 rings (SSSR count). The van der Waals surface area contributed by atoms with Gasteiger partial charge in [-0.2, -0.15) is 4.39 Å². The maximum absolute atomic E-state index is 13.9. The number of hydrogen-bond acceptors (Lipinski definition) is 4. The van der Waals surface area contributed by atoms with Gasteiger partial charge in [-0.1, -0.05) is 18.2 Å². The largest absolute Gasteiger partial charge is 0.306 e. The highest BCUT2D eigenvalue weighted by Gasteiger charge is 2.14. The van der Waals surface area contributed by atoms with Gasteiger partial charge in [0.05, 0.1) is 0 Å². The average molecular weight is 344 g/mol. The number of pyridine rings is 2. The summed E-state index contributed by atoms with van der Waals surface area (Å²) in [7, 11) is 0. The lowest BCUT2D eigenvalue weighted by Crippen LogP contribution is -2.03. The molecule has 0 fully saturated rings. The molecule has 0 radical (unpaired) electrons. The van der Waals surface area contributed by atoms with Crippen LogP contribution in [0.3, 0.4) is 0 Å². The maximum Gasteiger partial charge on any atom is 0.231 e. The first-order valence-electron chi connectivity index (χ1n) is 7.93. The van der Waals surface area contributed by atoms with E-state index >= 15 is 0 Å². The van der Waals surface area contributed by atoms with Crippen LogP contribution in [0.15, 0.2) is 79.5 Å². The van der Waals surface area contributed by atoms with E-state index in [0.29, 0.717) is 22.5 Å². The predicted molar refractivity (Wildman–Crippen MR) is 94.4 cm³/mol. The van der Waals surface area contributed by atoms with Crippen LogP contribution in [0, 0.1) is 5.95 Å². The summed E-state index contributed by atoms with van der Waals surface area (Å²) in [5.74, 6) is -0.778. The molecule has 5 nitrogen and oxygen atoms in total. The van der Waals surface area contributed by atoms with Crippen molar-refractivity contribution in [1.82, 2.24) is 19.5 Å². The van der Waals surface area contributed by atoms with Crippen LogP contribution in [0.2, 0.25) is 0 Å². The fourth-order valence-electron chi connectivity index (χ4n) is 2.64. The van der Waals surface area contributed by atoms with Gasteiger partial charge in [0.1, 0.15) is 17.7 Å². The molecule has 3 aromatic heterocycles. The molecule has 1 aromatic carbocycles. The summed E-state index contributed by atoms with van der Waals surface area (Å²) in [6, 6.07) is 15.8. The molecule has 6 heteroatoms. The minimum atomic E-state index is -0.527. The van der Waals surface area contributed by atoms with Crippen molar-refractivity contribution in [2.24, 2.45) is 0 Å². The molecule has 0 aliphatic carbocycles. The second-order valence-corrected chi connectivity index (χ2v) is 5.60. The lowest BCUT2D eigenvalue weighted by molar-refractivity contribution is 0.103. The van der Waals surface area contributed by atoms with Gasteiger partial charge in [0, 0.05) is 29.8 Å². The molecule has 0 aliphatic rings. The lowest BCUT2D eigenvalue weighted by Gasteiger charge is -2.06. The second kappa shape index (κ2) is 6.68. The zero-order valence-corrected chi connectivity index (χ0v) is 13.6. The van der Waals surface area contributed by atoms with Gasteiger partial charge in [0.25, 0.3) is 0 Å². The fraction of sp³-hybridized carbons (Fsp3) is 0. The number of benzene rings is 1. The van der Waals surface area contributed by atoms with Gasteiger partial charge < -0.3 is 4.57 Å². The number of aromatic nitrogens is 4. The highest BCUT2D eigenvalue weighted by Crippen LogP contribution is 2.23. The SMILES string of the molecule is O=C(c1ccccn1)c1cn(-c2cccc(-c3cccnc3F)c2)cn1. The summed E-state index contributed by atoms with van der Waals surface area (Å²) in [6.45, 7) is 0. The number of nitrogens with zero attached hydrogens (tertiary/aromatic N) is 4. The molecular weight excluding hydrogens is 331 g/mol. The average Bonchev–Trinajstić information content (AvgIpc) is 3.19. The van der Waals surface area contributed by atoms with E-state index in [4.69, 9.17) is 0 Å². The molecular formula is C20H13FN4O. The van der Waals surface area contributed by atoms with Crippen LogP contribution >= 0.6 is 0 Å². The first-order valence-corrected chi connectivity index (χ1v) is 7.93. The number of halogens is 1. The van der Waals surface area contributed by atoms with Crippen LogP contribution in [0.1, 0.15) is 16.2 Å². The standard InChI is InChI=1S/C20H13FN4O/c21-20-16(7-4-10-23-20)14-5-3-6-15(11-14)25-12-18(24-13-25)19(26)17-8-1-2-9-22-17/h1-13H. The molecule has 126 valence electrons. The van der Waals surface area contributed by atoms with Gasteiger partial charge >= 0.3 is 0 Å². The molecule has 0 amide bonds. The van der Waals surface area contributed by atoms with Crippen molar-refractivity contribution in [2.45, 2.75) is 0 Å². The number of carbonyl (C=O) groups excluding carboxylic acids is 1. The van der Waals surface area contributed by atoms with Crippen molar-refractivity contribution < 1.29 is 9.18 Å². The van der Waals surface area contributed by atoms with Crippen LogP contribution in [-0.2, 0) is 0 Å². The minimum Gasteiger partial charge on any atom is -0.306 e. The highest BCUT2D eigenvalue weighted by molar-refractivity contribution is 6.06. The third-order valence-corrected chi connectivity index (χ3v) is 3.93. The van der Waals surface area contributed by atoms with E-state index in [1.54, 1.807) is 59.7 Å². The van der Waals surface area contributed by atoms with Crippen molar-refractivity contribution >= 4 is 5.78 Å². The topological polar surface area (TPSA) is 60.7 Å². The zero-order valence-electron chi connectivity index (χ0n) is 13.6. The van der Waals surface area contributed by atoms with Crippen LogP contribution in [0.5, 0.6) is 0 Å². The number of hydrogen-bond donors (Lipinski definition) is 0. The monoisotopic (exact) mass is 344 g/mol. The molecule has 26 heavy (non-hydrogen) atoms. The van der Waals surface area contributed by atoms with E-state index in [1.165, 1.54) is 6.20 Å². The molecule has 0 spiro atoms. The van der Waals surface area contributed by atoms with Crippen molar-refractivity contribution in [3.8, 4) is 16.8 Å². The zero-order chi connectivity index (χ0) is 17.9. The molecule has 0 N–H and O–H groups in total. The first-order chi connectivity index (χ1) is 12.7. The lowest BCUT2D eigenvalue weighted by atomic mass is 10.1. The van der Waals surface area contributed by atoms with Crippen molar-refractivity contribution in [1.29, 1.82) is 0 Å². The van der Waals surface area contributed by atoms with Gasteiger partial charge in [0.15, 0.2) is 0 Å². The van der Waals surface area contributed by atoms with E-state index in [-0.39, 0.29) is 5.78 Å². The Balaban J connectivity index is 1.67. The normalized spacial score (nSPS) is 10.7. The van der Waals surface area contributed by atoms with Gasteiger partial charge in [0.2, 0.25) is 11.7 Å². The summed E-state index contributed by atoms with van der Waals surface area (Å²) in [4.78, 5) is 24.3. The van der Waals surface area contributed by atoms with Crippen LogP contribution in [0.25, 0.3) is 16.8 Å². The summed E-state index contributed by atoms with van der Waals surface area (Å²) in [5.41, 5.74) is 2.50. The van der Waals surface area contributed by atoms with Crippen LogP contribution in [-0.4, -0.2) is 25.3 Å².